The molecule has 3 heteroatoms. The quantitative estimate of drug-likeness (QED) is 0.769. The Bertz CT molecular complexity index is 407. The molecule has 0 saturated carbocycles. The molecule has 0 bridgehead atoms. The first-order chi connectivity index (χ1) is 8.06. The Morgan fingerprint density at radius 2 is 2.06 bits per heavy atom. The zero-order valence-corrected chi connectivity index (χ0v) is 11.4. The Labute approximate surface area is 104 Å². The summed E-state index contributed by atoms with van der Waals surface area (Å²) >= 11 is 0. The summed E-state index contributed by atoms with van der Waals surface area (Å²) in [5, 5.41) is 3.28. The van der Waals surface area contributed by atoms with Gasteiger partial charge in [-0.05, 0) is 31.9 Å². The van der Waals surface area contributed by atoms with Gasteiger partial charge in [0.25, 0.3) is 5.56 Å². The monoisotopic (exact) mass is 236 g/mol. The second kappa shape index (κ2) is 6.60. The number of rotatable bonds is 6. The van der Waals surface area contributed by atoms with Gasteiger partial charge in [0.05, 0.1) is 0 Å². The van der Waals surface area contributed by atoms with Gasteiger partial charge in [0.15, 0.2) is 0 Å². The summed E-state index contributed by atoms with van der Waals surface area (Å²) in [7, 11) is 0. The lowest BCUT2D eigenvalue weighted by Gasteiger charge is -2.14. The van der Waals surface area contributed by atoms with E-state index in [1.54, 1.807) is 0 Å². The fourth-order valence-corrected chi connectivity index (χ4v) is 1.84. The van der Waals surface area contributed by atoms with Crippen molar-refractivity contribution in [3.63, 3.8) is 0 Å². The molecule has 3 nitrogen and oxygen atoms in total. The highest BCUT2D eigenvalue weighted by atomic mass is 16.1. The fourth-order valence-electron chi connectivity index (χ4n) is 1.84. The second-order valence-corrected chi connectivity index (χ2v) is 4.99. The van der Waals surface area contributed by atoms with Gasteiger partial charge in [0.1, 0.15) is 0 Å². The van der Waals surface area contributed by atoms with Crippen LogP contribution in [-0.2, 0) is 13.1 Å². The summed E-state index contributed by atoms with van der Waals surface area (Å²) in [6.07, 6.45) is 1.09. The highest BCUT2D eigenvalue weighted by Gasteiger charge is 2.07. The molecule has 0 radical (unpaired) electrons. The molecule has 1 rings (SSSR count). The lowest BCUT2D eigenvalue weighted by molar-refractivity contribution is 0.498. The van der Waals surface area contributed by atoms with E-state index in [0.717, 1.165) is 30.8 Å². The van der Waals surface area contributed by atoms with Crippen LogP contribution in [0.1, 0.15) is 38.4 Å². The summed E-state index contributed by atoms with van der Waals surface area (Å²) in [6.45, 7) is 10.8. The molecule has 1 N–H and O–H groups in total. The normalized spacial score (nSPS) is 11.1. The Morgan fingerprint density at radius 3 is 2.65 bits per heavy atom. The van der Waals surface area contributed by atoms with Crippen molar-refractivity contribution in [3.8, 4) is 0 Å². The molecule has 0 aliphatic rings. The van der Waals surface area contributed by atoms with Gasteiger partial charge in [-0.1, -0.05) is 26.8 Å². The number of nitrogens with one attached hydrogen (secondary N) is 1. The molecular weight excluding hydrogens is 212 g/mol. The van der Waals surface area contributed by atoms with Gasteiger partial charge in [-0.15, -0.1) is 0 Å². The third-order valence-corrected chi connectivity index (χ3v) is 2.76. The van der Waals surface area contributed by atoms with Gasteiger partial charge < -0.3 is 9.88 Å². The van der Waals surface area contributed by atoms with Crippen LogP contribution in [0.5, 0.6) is 0 Å². The van der Waals surface area contributed by atoms with E-state index in [1.165, 1.54) is 0 Å². The van der Waals surface area contributed by atoms with Crippen LogP contribution in [0.2, 0.25) is 0 Å². The lowest BCUT2D eigenvalue weighted by atomic mass is 10.2. The van der Waals surface area contributed by atoms with Crippen LogP contribution >= 0.6 is 0 Å². The van der Waals surface area contributed by atoms with Crippen molar-refractivity contribution in [1.82, 2.24) is 9.88 Å². The van der Waals surface area contributed by atoms with E-state index in [9.17, 15) is 4.79 Å². The van der Waals surface area contributed by atoms with Crippen LogP contribution in [-0.4, -0.2) is 11.1 Å². The van der Waals surface area contributed by atoms with E-state index in [0.29, 0.717) is 12.5 Å². The predicted octanol–water partition coefficient (Wildman–Crippen LogP) is 2.31. The van der Waals surface area contributed by atoms with Crippen molar-refractivity contribution in [2.45, 2.75) is 47.2 Å². The molecule has 1 aromatic rings. The van der Waals surface area contributed by atoms with E-state index < -0.39 is 0 Å². The molecule has 0 aliphatic carbocycles. The highest BCUT2D eigenvalue weighted by molar-refractivity contribution is 5.15. The van der Waals surface area contributed by atoms with Crippen molar-refractivity contribution < 1.29 is 0 Å². The molecule has 0 saturated heterocycles. The van der Waals surface area contributed by atoms with E-state index in [-0.39, 0.29) is 5.56 Å². The molecule has 0 unspecified atom stereocenters. The average molecular weight is 236 g/mol. The average Bonchev–Trinajstić information content (AvgIpc) is 2.27. The van der Waals surface area contributed by atoms with E-state index in [1.807, 2.05) is 23.6 Å². The molecule has 96 valence electrons. The van der Waals surface area contributed by atoms with Crippen LogP contribution in [0.3, 0.4) is 0 Å². The number of hydrogen-bond donors (Lipinski definition) is 1. The van der Waals surface area contributed by atoms with Crippen molar-refractivity contribution in [2.24, 2.45) is 5.92 Å². The molecule has 0 atom stereocenters. The first-order valence-corrected chi connectivity index (χ1v) is 6.46. The van der Waals surface area contributed by atoms with Crippen molar-refractivity contribution >= 4 is 0 Å². The summed E-state index contributed by atoms with van der Waals surface area (Å²) in [4.78, 5) is 12.2. The smallest absolute Gasteiger partial charge is 0.255 e. The van der Waals surface area contributed by atoms with Gasteiger partial charge in [-0.3, -0.25) is 4.79 Å². The fraction of sp³-hybridized carbons (Fsp3) is 0.643. The minimum atomic E-state index is 0.155. The maximum Gasteiger partial charge on any atom is 0.255 e. The van der Waals surface area contributed by atoms with E-state index in [4.69, 9.17) is 0 Å². The standard InChI is InChI=1S/C14H24N2O/c1-5-8-15-9-13-7-6-12(4)16(14(13)17)10-11(2)3/h6-7,11,15H,5,8-10H2,1-4H3. The minimum Gasteiger partial charge on any atom is -0.312 e. The molecule has 0 amide bonds. The third-order valence-electron chi connectivity index (χ3n) is 2.76. The molecular formula is C14H24N2O. The summed E-state index contributed by atoms with van der Waals surface area (Å²) < 4.78 is 1.88. The first kappa shape index (κ1) is 14.0. The molecule has 0 aliphatic heterocycles. The zero-order valence-electron chi connectivity index (χ0n) is 11.4. The third kappa shape index (κ3) is 4.00. The van der Waals surface area contributed by atoms with Gasteiger partial charge in [0, 0.05) is 24.3 Å². The van der Waals surface area contributed by atoms with Crippen molar-refractivity contribution in [3.05, 3.63) is 33.7 Å². The number of hydrogen-bond acceptors (Lipinski definition) is 2. The van der Waals surface area contributed by atoms with Crippen LogP contribution in [0, 0.1) is 12.8 Å². The first-order valence-electron chi connectivity index (χ1n) is 6.46. The molecule has 0 aromatic carbocycles. The largest absolute Gasteiger partial charge is 0.312 e. The molecule has 17 heavy (non-hydrogen) atoms. The zero-order chi connectivity index (χ0) is 12.8. The van der Waals surface area contributed by atoms with Gasteiger partial charge in [-0.2, -0.15) is 0 Å². The number of aromatic nitrogens is 1. The molecule has 1 aromatic heterocycles. The summed E-state index contributed by atoms with van der Waals surface area (Å²) in [6, 6.07) is 3.98. The molecule has 1 heterocycles. The van der Waals surface area contributed by atoms with Crippen LogP contribution < -0.4 is 10.9 Å². The van der Waals surface area contributed by atoms with Crippen molar-refractivity contribution in [2.75, 3.05) is 6.54 Å². The molecule has 0 spiro atoms. The van der Waals surface area contributed by atoms with Gasteiger partial charge in [-0.25, -0.2) is 0 Å². The highest BCUT2D eigenvalue weighted by Crippen LogP contribution is 2.03. The van der Waals surface area contributed by atoms with E-state index >= 15 is 0 Å². The molecule has 0 fully saturated rings. The van der Waals surface area contributed by atoms with Gasteiger partial charge in [0.2, 0.25) is 0 Å². The Morgan fingerprint density at radius 1 is 1.35 bits per heavy atom. The SMILES string of the molecule is CCCNCc1ccc(C)n(CC(C)C)c1=O. The summed E-state index contributed by atoms with van der Waals surface area (Å²) in [5.74, 6) is 0.491. The minimum absolute atomic E-state index is 0.155. The van der Waals surface area contributed by atoms with Crippen molar-refractivity contribution in [1.29, 1.82) is 0 Å². The maximum atomic E-state index is 12.2. The maximum absolute atomic E-state index is 12.2. The van der Waals surface area contributed by atoms with Crippen LogP contribution in [0.15, 0.2) is 16.9 Å². The Balaban J connectivity index is 2.90. The number of aryl methyl sites for hydroxylation is 1. The topological polar surface area (TPSA) is 34.0 Å². The Hall–Kier alpha value is -1.09. The van der Waals surface area contributed by atoms with Gasteiger partial charge >= 0.3 is 0 Å². The summed E-state index contributed by atoms with van der Waals surface area (Å²) in [5.41, 5.74) is 2.06. The number of nitrogens with zero attached hydrogens (tertiary/aromatic N) is 1. The lowest BCUT2D eigenvalue weighted by Crippen LogP contribution is -2.30. The number of pyridine rings is 1. The Kier molecular flexibility index (Phi) is 5.42. The van der Waals surface area contributed by atoms with Crippen LogP contribution in [0.25, 0.3) is 0 Å². The van der Waals surface area contributed by atoms with E-state index in [2.05, 4.69) is 26.1 Å². The predicted molar refractivity (Wildman–Crippen MR) is 72.3 cm³/mol. The second-order valence-electron chi connectivity index (χ2n) is 4.99. The van der Waals surface area contributed by atoms with Crippen LogP contribution in [0.4, 0.5) is 0 Å².